The van der Waals surface area contributed by atoms with E-state index in [2.05, 4.69) is 0 Å². The van der Waals surface area contributed by atoms with Gasteiger partial charge in [0, 0.05) is 0 Å². The van der Waals surface area contributed by atoms with E-state index in [0.29, 0.717) is 13.2 Å². The third-order valence-electron chi connectivity index (χ3n) is 4.02. The minimum absolute atomic E-state index is 0.00904. The SMILES string of the molecule is CCCCOC(=O)c1ccccc1C(=O)OCCCC.Oc1c(Cl)c(Cl)c(Cl)c(Cl)c1Cl. The largest absolute Gasteiger partial charge is 0.505 e. The lowest BCUT2D eigenvalue weighted by Crippen LogP contribution is -2.14. The van der Waals surface area contributed by atoms with E-state index >= 15 is 0 Å². The first kappa shape index (κ1) is 28.7. The van der Waals surface area contributed by atoms with Gasteiger partial charge in [0.15, 0.2) is 5.75 Å². The monoisotopic (exact) mass is 542 g/mol. The number of ether oxygens (including phenoxy) is 2. The number of carbonyl (C=O) groups is 2. The molecule has 0 bridgehead atoms. The zero-order valence-electron chi connectivity index (χ0n) is 17.5. The van der Waals surface area contributed by atoms with Gasteiger partial charge in [0.05, 0.1) is 39.4 Å². The van der Waals surface area contributed by atoms with Gasteiger partial charge in [-0.05, 0) is 25.0 Å². The van der Waals surface area contributed by atoms with Gasteiger partial charge in [-0.3, -0.25) is 0 Å². The van der Waals surface area contributed by atoms with Crippen LogP contribution in [0.4, 0.5) is 0 Å². The topological polar surface area (TPSA) is 72.8 Å². The number of phenols is 1. The molecule has 0 atom stereocenters. The van der Waals surface area contributed by atoms with Crippen LogP contribution in [0.2, 0.25) is 25.1 Å². The van der Waals surface area contributed by atoms with Crippen molar-refractivity contribution in [3.63, 3.8) is 0 Å². The normalized spacial score (nSPS) is 10.2. The minimum atomic E-state index is -0.471. The highest BCUT2D eigenvalue weighted by Crippen LogP contribution is 2.47. The molecule has 5 nitrogen and oxygen atoms in total. The van der Waals surface area contributed by atoms with Gasteiger partial charge in [-0.1, -0.05) is 96.8 Å². The molecule has 0 unspecified atom stereocenters. The molecule has 0 aliphatic rings. The van der Waals surface area contributed by atoms with Crippen molar-refractivity contribution in [1.82, 2.24) is 0 Å². The summed E-state index contributed by atoms with van der Waals surface area (Å²) in [5.74, 6) is -1.30. The second-order valence-electron chi connectivity index (χ2n) is 6.44. The quantitative estimate of drug-likeness (QED) is 0.157. The molecule has 32 heavy (non-hydrogen) atoms. The third kappa shape index (κ3) is 8.20. The second-order valence-corrected chi connectivity index (χ2v) is 8.33. The van der Waals surface area contributed by atoms with Crippen LogP contribution in [0.25, 0.3) is 0 Å². The van der Waals surface area contributed by atoms with Gasteiger partial charge in [-0.15, -0.1) is 0 Å². The fraction of sp³-hybridized carbons (Fsp3) is 0.364. The highest BCUT2D eigenvalue weighted by molar-refractivity contribution is 6.55. The fourth-order valence-corrected chi connectivity index (χ4v) is 3.33. The van der Waals surface area contributed by atoms with Crippen LogP contribution < -0.4 is 0 Å². The predicted octanol–water partition coefficient (Wildman–Crippen LogP) is 8.26. The Morgan fingerprint density at radius 1 is 0.719 bits per heavy atom. The van der Waals surface area contributed by atoms with Crippen molar-refractivity contribution in [1.29, 1.82) is 0 Å². The molecule has 1 N–H and O–H groups in total. The zero-order valence-corrected chi connectivity index (χ0v) is 21.3. The Kier molecular flexibility index (Phi) is 13.2. The molecule has 10 heteroatoms. The van der Waals surface area contributed by atoms with Crippen LogP contribution in [0.5, 0.6) is 5.75 Å². The number of unbranched alkanes of at least 4 members (excludes halogenated alkanes) is 2. The summed E-state index contributed by atoms with van der Waals surface area (Å²) < 4.78 is 10.3. The van der Waals surface area contributed by atoms with Gasteiger partial charge < -0.3 is 14.6 Å². The van der Waals surface area contributed by atoms with E-state index in [1.165, 1.54) is 0 Å². The van der Waals surface area contributed by atoms with Crippen molar-refractivity contribution in [3.8, 4) is 5.75 Å². The Bertz CT molecular complexity index is 787. The van der Waals surface area contributed by atoms with E-state index < -0.39 is 11.9 Å². The molecule has 2 aromatic carbocycles. The molecule has 0 aromatic heterocycles. The molecule has 0 aliphatic heterocycles. The average molecular weight is 545 g/mol. The number of benzene rings is 2. The van der Waals surface area contributed by atoms with E-state index in [0.717, 1.165) is 25.7 Å². The molecule has 2 rings (SSSR count). The second kappa shape index (κ2) is 14.7. The molecule has 0 spiro atoms. The van der Waals surface area contributed by atoms with Crippen LogP contribution in [0, 0.1) is 0 Å². The standard InChI is InChI=1S/C16H22O4.C6HCl5O/c1-3-5-11-19-15(17)13-9-7-8-10-14(13)16(18)20-12-6-4-2;7-1-2(8)4(10)6(12)5(11)3(1)9/h7-10H,3-6,11-12H2,1-2H3;12H. The Hall–Kier alpha value is -1.37. The van der Waals surface area contributed by atoms with Crippen molar-refractivity contribution in [3.05, 3.63) is 60.5 Å². The number of aromatic hydroxyl groups is 1. The molecular weight excluding hydrogens is 522 g/mol. The van der Waals surface area contributed by atoms with Crippen molar-refractivity contribution >= 4 is 69.9 Å². The molecule has 0 saturated carbocycles. The van der Waals surface area contributed by atoms with Crippen LogP contribution in [-0.4, -0.2) is 30.3 Å². The molecule has 0 saturated heterocycles. The summed E-state index contributed by atoms with van der Waals surface area (Å²) in [4.78, 5) is 23.9. The van der Waals surface area contributed by atoms with Crippen LogP contribution in [0.3, 0.4) is 0 Å². The van der Waals surface area contributed by atoms with E-state index in [4.69, 9.17) is 67.5 Å². The van der Waals surface area contributed by atoms with Crippen LogP contribution in [0.1, 0.15) is 60.2 Å². The molecule has 0 fully saturated rings. The first-order valence-corrected chi connectivity index (χ1v) is 11.7. The van der Waals surface area contributed by atoms with Gasteiger partial charge in [-0.25, -0.2) is 9.59 Å². The average Bonchev–Trinajstić information content (AvgIpc) is 2.80. The summed E-state index contributed by atoms with van der Waals surface area (Å²) >= 11 is 27.9. The van der Waals surface area contributed by atoms with Crippen molar-refractivity contribution < 1.29 is 24.2 Å². The van der Waals surface area contributed by atoms with Crippen molar-refractivity contribution in [2.75, 3.05) is 13.2 Å². The minimum Gasteiger partial charge on any atom is -0.505 e. The molecule has 0 amide bonds. The number of hydrogen-bond donors (Lipinski definition) is 1. The van der Waals surface area contributed by atoms with Crippen LogP contribution in [-0.2, 0) is 9.47 Å². The summed E-state index contributed by atoms with van der Waals surface area (Å²) in [5, 5.41) is 9.01. The van der Waals surface area contributed by atoms with Gasteiger partial charge in [0.25, 0.3) is 0 Å². The van der Waals surface area contributed by atoms with Crippen molar-refractivity contribution in [2.24, 2.45) is 0 Å². The number of esters is 2. The molecule has 176 valence electrons. The lowest BCUT2D eigenvalue weighted by atomic mass is 10.1. The maximum atomic E-state index is 11.9. The maximum absolute atomic E-state index is 11.9. The number of carbonyl (C=O) groups excluding carboxylic acids is 2. The van der Waals surface area contributed by atoms with Gasteiger partial charge in [0.1, 0.15) is 10.0 Å². The Morgan fingerprint density at radius 2 is 1.06 bits per heavy atom. The highest BCUT2D eigenvalue weighted by Gasteiger charge is 2.19. The molecule has 0 aliphatic carbocycles. The Balaban J connectivity index is 0.000000363. The lowest BCUT2D eigenvalue weighted by Gasteiger charge is -2.09. The van der Waals surface area contributed by atoms with Crippen LogP contribution >= 0.6 is 58.0 Å². The van der Waals surface area contributed by atoms with Gasteiger partial charge in [0.2, 0.25) is 0 Å². The fourth-order valence-electron chi connectivity index (χ4n) is 2.21. The van der Waals surface area contributed by atoms with Gasteiger partial charge >= 0.3 is 11.9 Å². The van der Waals surface area contributed by atoms with E-state index in [9.17, 15) is 14.7 Å². The number of phenolic OH excluding ortho intramolecular Hbond substituents is 1. The predicted molar refractivity (Wildman–Crippen MR) is 130 cm³/mol. The smallest absolute Gasteiger partial charge is 0.339 e. The van der Waals surface area contributed by atoms with Crippen molar-refractivity contribution in [2.45, 2.75) is 39.5 Å². The lowest BCUT2D eigenvalue weighted by molar-refractivity contribution is 0.0452. The summed E-state index contributed by atoms with van der Waals surface area (Å²) in [6, 6.07) is 6.59. The van der Waals surface area contributed by atoms with Crippen LogP contribution in [0.15, 0.2) is 24.3 Å². The highest BCUT2D eigenvalue weighted by atomic mass is 35.5. The molecule has 2 aromatic rings. The van der Waals surface area contributed by atoms with E-state index in [1.807, 2.05) is 13.8 Å². The van der Waals surface area contributed by atoms with Gasteiger partial charge in [-0.2, -0.15) is 0 Å². The van der Waals surface area contributed by atoms with E-state index in [-0.39, 0.29) is 42.0 Å². The first-order chi connectivity index (χ1) is 15.2. The first-order valence-electron chi connectivity index (χ1n) is 9.80. The zero-order chi connectivity index (χ0) is 24.3. The molecule has 0 heterocycles. The Labute approximate surface area is 212 Å². The van der Waals surface area contributed by atoms with E-state index in [1.54, 1.807) is 24.3 Å². The number of hydrogen-bond acceptors (Lipinski definition) is 5. The summed E-state index contributed by atoms with van der Waals surface area (Å²) in [6.07, 6.45) is 3.53. The number of halogens is 5. The summed E-state index contributed by atoms with van der Waals surface area (Å²) in [7, 11) is 0. The Morgan fingerprint density at radius 3 is 1.41 bits per heavy atom. The maximum Gasteiger partial charge on any atom is 0.339 e. The molecular formula is C22H23Cl5O5. The summed E-state index contributed by atoms with van der Waals surface area (Å²) in [5.41, 5.74) is 0.537. The molecule has 0 radical (unpaired) electrons. The third-order valence-corrected chi connectivity index (χ3v) is 6.27. The summed E-state index contributed by atoms with van der Waals surface area (Å²) in [6.45, 7) is 4.78. The number of rotatable bonds is 8.